The summed E-state index contributed by atoms with van der Waals surface area (Å²) in [7, 11) is 0. The van der Waals surface area contributed by atoms with Crippen molar-refractivity contribution < 1.29 is 14.7 Å². The summed E-state index contributed by atoms with van der Waals surface area (Å²) >= 11 is 0. The Hall–Kier alpha value is -1.71. The molecular weight excluding hydrogens is 218 g/mol. The molecule has 1 aliphatic rings. The summed E-state index contributed by atoms with van der Waals surface area (Å²) in [6, 6.07) is 3.56. The molecule has 1 aliphatic carbocycles. The van der Waals surface area contributed by atoms with E-state index in [1.54, 1.807) is 12.3 Å². The summed E-state index contributed by atoms with van der Waals surface area (Å²) in [6.07, 6.45) is 3.13. The molecule has 0 atom stereocenters. The van der Waals surface area contributed by atoms with Gasteiger partial charge in [0, 0.05) is 24.7 Å². The number of Topliss-reactive ketones (excluding diaryl/α,β-unsaturated/α-hetero) is 1. The van der Waals surface area contributed by atoms with E-state index in [4.69, 9.17) is 0 Å². The Morgan fingerprint density at radius 1 is 1.41 bits per heavy atom. The molecule has 0 aromatic carbocycles. The third-order valence-corrected chi connectivity index (χ3v) is 3.52. The van der Waals surface area contributed by atoms with Crippen molar-refractivity contribution in [1.29, 1.82) is 0 Å². The lowest BCUT2D eigenvalue weighted by atomic mass is 9.69. The summed E-state index contributed by atoms with van der Waals surface area (Å²) in [5.74, 6) is -0.678. The van der Waals surface area contributed by atoms with Crippen molar-refractivity contribution in [2.45, 2.75) is 38.0 Å². The van der Waals surface area contributed by atoms with Crippen molar-refractivity contribution in [1.82, 2.24) is 4.98 Å². The molecule has 1 aromatic heterocycles. The fourth-order valence-corrected chi connectivity index (χ4v) is 2.42. The van der Waals surface area contributed by atoms with Crippen molar-refractivity contribution in [3.63, 3.8) is 0 Å². The van der Waals surface area contributed by atoms with Crippen molar-refractivity contribution in [3.8, 4) is 0 Å². The van der Waals surface area contributed by atoms with Crippen LogP contribution in [-0.2, 0) is 15.0 Å². The molecule has 0 aliphatic heterocycles. The SMILES string of the molecule is Cc1cc(C2(C(=O)O)CCC(=O)CC2)ccn1. The predicted octanol–water partition coefficient (Wildman–Crippen LogP) is 1.86. The van der Waals surface area contributed by atoms with Gasteiger partial charge in [0.2, 0.25) is 0 Å². The second-order valence-corrected chi connectivity index (χ2v) is 4.61. The first kappa shape index (κ1) is 11.8. The molecule has 2 rings (SSSR count). The highest BCUT2D eigenvalue weighted by Gasteiger charge is 2.43. The van der Waals surface area contributed by atoms with Gasteiger partial charge in [0.05, 0.1) is 5.41 Å². The molecular formula is C13H15NO3. The Balaban J connectivity index is 2.41. The summed E-state index contributed by atoms with van der Waals surface area (Å²) < 4.78 is 0. The van der Waals surface area contributed by atoms with Gasteiger partial charge in [-0.05, 0) is 37.5 Å². The molecule has 1 N–H and O–H groups in total. The lowest BCUT2D eigenvalue weighted by Gasteiger charge is -2.33. The van der Waals surface area contributed by atoms with Crippen LogP contribution in [0.3, 0.4) is 0 Å². The van der Waals surface area contributed by atoms with Crippen molar-refractivity contribution in [3.05, 3.63) is 29.6 Å². The average molecular weight is 233 g/mol. The van der Waals surface area contributed by atoms with Gasteiger partial charge in [-0.1, -0.05) is 0 Å². The van der Waals surface area contributed by atoms with Gasteiger partial charge in [0.25, 0.3) is 0 Å². The summed E-state index contributed by atoms with van der Waals surface area (Å²) in [4.78, 5) is 26.9. The van der Waals surface area contributed by atoms with E-state index in [0.29, 0.717) is 25.7 Å². The third-order valence-electron chi connectivity index (χ3n) is 3.52. The van der Waals surface area contributed by atoms with E-state index < -0.39 is 11.4 Å². The molecule has 0 radical (unpaired) electrons. The molecule has 0 spiro atoms. The second kappa shape index (κ2) is 4.28. The number of hydrogen-bond donors (Lipinski definition) is 1. The fraction of sp³-hybridized carbons (Fsp3) is 0.462. The maximum atomic E-state index is 11.6. The smallest absolute Gasteiger partial charge is 0.314 e. The monoisotopic (exact) mass is 233 g/mol. The first-order valence-corrected chi connectivity index (χ1v) is 5.73. The second-order valence-electron chi connectivity index (χ2n) is 4.61. The van der Waals surface area contributed by atoms with E-state index in [1.807, 2.05) is 13.0 Å². The number of carboxylic acids is 1. The van der Waals surface area contributed by atoms with Crippen LogP contribution in [0.2, 0.25) is 0 Å². The van der Waals surface area contributed by atoms with E-state index in [9.17, 15) is 14.7 Å². The van der Waals surface area contributed by atoms with Crippen LogP contribution >= 0.6 is 0 Å². The van der Waals surface area contributed by atoms with Crippen LogP contribution in [0.4, 0.5) is 0 Å². The quantitative estimate of drug-likeness (QED) is 0.846. The minimum atomic E-state index is -0.901. The predicted molar refractivity (Wildman–Crippen MR) is 61.8 cm³/mol. The van der Waals surface area contributed by atoms with E-state index in [0.717, 1.165) is 11.3 Å². The number of pyridine rings is 1. The molecule has 0 bridgehead atoms. The summed E-state index contributed by atoms with van der Waals surface area (Å²) in [5, 5.41) is 9.49. The molecule has 17 heavy (non-hydrogen) atoms. The zero-order valence-electron chi connectivity index (χ0n) is 9.77. The molecule has 1 saturated carbocycles. The van der Waals surface area contributed by atoms with Crippen LogP contribution in [0.1, 0.15) is 36.9 Å². The van der Waals surface area contributed by atoms with Gasteiger partial charge in [0.1, 0.15) is 5.78 Å². The number of nitrogens with zero attached hydrogens (tertiary/aromatic N) is 1. The lowest BCUT2D eigenvalue weighted by Crippen LogP contribution is -2.39. The molecule has 0 saturated heterocycles. The van der Waals surface area contributed by atoms with Crippen LogP contribution in [0.15, 0.2) is 18.3 Å². The highest BCUT2D eigenvalue weighted by molar-refractivity contribution is 5.87. The molecule has 4 nitrogen and oxygen atoms in total. The van der Waals surface area contributed by atoms with Crippen molar-refractivity contribution in [2.24, 2.45) is 0 Å². The molecule has 0 unspecified atom stereocenters. The number of aryl methyl sites for hydroxylation is 1. The molecule has 90 valence electrons. The summed E-state index contributed by atoms with van der Waals surface area (Å²) in [6.45, 7) is 1.84. The zero-order chi connectivity index (χ0) is 12.5. The van der Waals surface area contributed by atoms with E-state index >= 15 is 0 Å². The highest BCUT2D eigenvalue weighted by Crippen LogP contribution is 2.38. The standard InChI is InChI=1S/C13H15NO3/c1-9-8-10(4-7-14-9)13(12(16)17)5-2-11(15)3-6-13/h4,7-8H,2-3,5-6H2,1H3,(H,16,17). The van der Waals surface area contributed by atoms with Gasteiger partial charge in [-0.3, -0.25) is 14.6 Å². The van der Waals surface area contributed by atoms with E-state index in [1.165, 1.54) is 0 Å². The molecule has 1 heterocycles. The largest absolute Gasteiger partial charge is 0.481 e. The Labute approximate surface area is 99.7 Å². The van der Waals surface area contributed by atoms with Gasteiger partial charge >= 0.3 is 5.97 Å². The van der Waals surface area contributed by atoms with Gasteiger partial charge in [0.15, 0.2) is 0 Å². The number of hydrogen-bond acceptors (Lipinski definition) is 3. The number of ketones is 1. The third kappa shape index (κ3) is 2.07. The van der Waals surface area contributed by atoms with Gasteiger partial charge in [-0.2, -0.15) is 0 Å². The first-order chi connectivity index (χ1) is 8.04. The van der Waals surface area contributed by atoms with Gasteiger partial charge in [-0.25, -0.2) is 0 Å². The van der Waals surface area contributed by atoms with Crippen molar-refractivity contribution >= 4 is 11.8 Å². The molecule has 1 fully saturated rings. The number of aliphatic carboxylic acids is 1. The molecule has 0 amide bonds. The maximum Gasteiger partial charge on any atom is 0.314 e. The summed E-state index contributed by atoms with van der Waals surface area (Å²) in [5.41, 5.74) is 0.673. The van der Waals surface area contributed by atoms with E-state index in [-0.39, 0.29) is 5.78 Å². The first-order valence-electron chi connectivity index (χ1n) is 5.73. The zero-order valence-corrected chi connectivity index (χ0v) is 9.77. The van der Waals surface area contributed by atoms with E-state index in [2.05, 4.69) is 4.98 Å². The Kier molecular flexibility index (Phi) is 2.96. The number of rotatable bonds is 2. The van der Waals surface area contributed by atoms with Crippen molar-refractivity contribution in [2.75, 3.05) is 0 Å². The fourth-order valence-electron chi connectivity index (χ4n) is 2.42. The van der Waals surface area contributed by atoms with Crippen LogP contribution in [0.25, 0.3) is 0 Å². The lowest BCUT2D eigenvalue weighted by molar-refractivity contribution is -0.146. The van der Waals surface area contributed by atoms with Crippen LogP contribution < -0.4 is 0 Å². The minimum absolute atomic E-state index is 0.160. The number of carbonyl (C=O) groups excluding carboxylic acids is 1. The van der Waals surface area contributed by atoms with Crippen LogP contribution in [-0.4, -0.2) is 21.8 Å². The highest BCUT2D eigenvalue weighted by atomic mass is 16.4. The van der Waals surface area contributed by atoms with Gasteiger partial charge < -0.3 is 5.11 Å². The number of carbonyl (C=O) groups is 2. The average Bonchev–Trinajstić information content (AvgIpc) is 2.30. The Bertz CT molecular complexity index is 457. The van der Waals surface area contributed by atoms with Gasteiger partial charge in [-0.15, -0.1) is 0 Å². The minimum Gasteiger partial charge on any atom is -0.481 e. The topological polar surface area (TPSA) is 67.3 Å². The Morgan fingerprint density at radius 3 is 2.59 bits per heavy atom. The van der Waals surface area contributed by atoms with Crippen LogP contribution in [0, 0.1) is 6.92 Å². The molecule has 4 heteroatoms. The normalized spacial score (nSPS) is 19.0. The number of aromatic nitrogens is 1. The maximum absolute atomic E-state index is 11.6. The molecule has 1 aromatic rings. The number of carboxylic acid groups (broad SMARTS) is 1. The van der Waals surface area contributed by atoms with Crippen LogP contribution in [0.5, 0.6) is 0 Å². The Morgan fingerprint density at radius 2 is 2.06 bits per heavy atom.